The van der Waals surface area contributed by atoms with Crippen LogP contribution in [0.4, 0.5) is 17.5 Å². The number of para-hydroxylation sites is 1. The third kappa shape index (κ3) is 3.15. The molecule has 28 heavy (non-hydrogen) atoms. The molecule has 0 radical (unpaired) electrons. The van der Waals surface area contributed by atoms with E-state index in [4.69, 9.17) is 9.97 Å². The van der Waals surface area contributed by atoms with E-state index < -0.39 is 0 Å². The summed E-state index contributed by atoms with van der Waals surface area (Å²) in [6.45, 7) is 5.99. The topological polar surface area (TPSA) is 53.3 Å². The minimum Gasteiger partial charge on any atom is -0.368 e. The van der Waals surface area contributed by atoms with Crippen molar-refractivity contribution in [2.24, 2.45) is 7.05 Å². The van der Waals surface area contributed by atoms with E-state index in [2.05, 4.69) is 50.1 Å². The molecular formula is C21H27N7. The number of anilines is 3. The van der Waals surface area contributed by atoms with Gasteiger partial charge in [0.1, 0.15) is 5.82 Å². The number of nitrogens with zero attached hydrogens (tertiary/aromatic N) is 7. The Hall–Kier alpha value is -2.83. The molecule has 2 aliphatic heterocycles. The third-order valence-electron chi connectivity index (χ3n) is 5.90. The summed E-state index contributed by atoms with van der Waals surface area (Å²) in [5, 5.41) is 5.51. The highest BCUT2D eigenvalue weighted by Crippen LogP contribution is 2.29. The molecule has 146 valence electrons. The number of hydrogen-bond donors (Lipinski definition) is 0. The molecule has 5 rings (SSSR count). The van der Waals surface area contributed by atoms with E-state index >= 15 is 0 Å². The van der Waals surface area contributed by atoms with Crippen molar-refractivity contribution in [1.29, 1.82) is 0 Å². The molecule has 1 aromatic carbocycles. The molecule has 4 heterocycles. The predicted octanol–water partition coefficient (Wildman–Crippen LogP) is 2.68. The van der Waals surface area contributed by atoms with Crippen molar-refractivity contribution >= 4 is 28.5 Å². The van der Waals surface area contributed by atoms with Crippen LogP contribution in [-0.4, -0.2) is 59.0 Å². The van der Waals surface area contributed by atoms with Gasteiger partial charge in [0.15, 0.2) is 5.65 Å². The van der Waals surface area contributed by atoms with Gasteiger partial charge in [-0.25, -0.2) is 0 Å². The fourth-order valence-corrected chi connectivity index (χ4v) is 4.29. The molecule has 2 aromatic heterocycles. The summed E-state index contributed by atoms with van der Waals surface area (Å²) in [5.41, 5.74) is 2.22. The first-order chi connectivity index (χ1) is 13.8. The number of aromatic nitrogens is 4. The van der Waals surface area contributed by atoms with Gasteiger partial charge in [-0.05, 0) is 31.4 Å². The maximum atomic E-state index is 5.03. The second-order valence-electron chi connectivity index (χ2n) is 7.71. The van der Waals surface area contributed by atoms with E-state index in [1.54, 1.807) is 0 Å². The molecule has 0 N–H and O–H groups in total. The van der Waals surface area contributed by atoms with Crippen LogP contribution in [0, 0.1) is 0 Å². The Morgan fingerprint density at radius 2 is 1.46 bits per heavy atom. The Kier molecular flexibility index (Phi) is 4.50. The third-order valence-corrected chi connectivity index (χ3v) is 5.90. The Balaban J connectivity index is 1.43. The van der Waals surface area contributed by atoms with Gasteiger partial charge in [-0.2, -0.15) is 15.1 Å². The Labute approximate surface area is 165 Å². The highest BCUT2D eigenvalue weighted by molar-refractivity contribution is 5.88. The highest BCUT2D eigenvalue weighted by Gasteiger charge is 2.24. The van der Waals surface area contributed by atoms with Gasteiger partial charge in [0, 0.05) is 52.0 Å². The molecule has 0 spiro atoms. The highest BCUT2D eigenvalue weighted by atomic mass is 15.4. The Morgan fingerprint density at radius 3 is 2.21 bits per heavy atom. The molecular weight excluding hydrogens is 350 g/mol. The molecule has 2 aliphatic rings. The van der Waals surface area contributed by atoms with Crippen molar-refractivity contribution in [1.82, 2.24) is 19.7 Å². The van der Waals surface area contributed by atoms with Crippen LogP contribution in [-0.2, 0) is 7.05 Å². The fourth-order valence-electron chi connectivity index (χ4n) is 4.29. The van der Waals surface area contributed by atoms with Crippen LogP contribution in [0.1, 0.15) is 19.3 Å². The SMILES string of the molecule is Cn1ncc2c(N3CCN(c4ccccc4)CC3)nc(N3CCCCC3)nc21. The number of piperazine rings is 1. The average Bonchev–Trinajstić information content (AvgIpc) is 3.15. The summed E-state index contributed by atoms with van der Waals surface area (Å²) in [6, 6.07) is 10.7. The Morgan fingerprint density at radius 1 is 0.750 bits per heavy atom. The average molecular weight is 377 g/mol. The number of benzene rings is 1. The van der Waals surface area contributed by atoms with Crippen molar-refractivity contribution in [3.05, 3.63) is 36.5 Å². The van der Waals surface area contributed by atoms with Crippen LogP contribution < -0.4 is 14.7 Å². The normalized spacial score (nSPS) is 18.1. The first-order valence-electron chi connectivity index (χ1n) is 10.3. The van der Waals surface area contributed by atoms with E-state index in [0.29, 0.717) is 0 Å². The largest absolute Gasteiger partial charge is 0.368 e. The lowest BCUT2D eigenvalue weighted by molar-refractivity contribution is 0.567. The van der Waals surface area contributed by atoms with E-state index in [9.17, 15) is 0 Å². The zero-order valence-electron chi connectivity index (χ0n) is 16.5. The van der Waals surface area contributed by atoms with Crippen LogP contribution in [0.25, 0.3) is 11.0 Å². The van der Waals surface area contributed by atoms with Gasteiger partial charge < -0.3 is 14.7 Å². The second-order valence-corrected chi connectivity index (χ2v) is 7.71. The summed E-state index contributed by atoms with van der Waals surface area (Å²) in [6.07, 6.45) is 5.66. The molecule has 3 aromatic rings. The molecule has 0 atom stereocenters. The smallest absolute Gasteiger partial charge is 0.229 e. The zero-order valence-corrected chi connectivity index (χ0v) is 16.5. The first-order valence-corrected chi connectivity index (χ1v) is 10.3. The zero-order chi connectivity index (χ0) is 18.9. The van der Waals surface area contributed by atoms with Crippen LogP contribution >= 0.6 is 0 Å². The maximum Gasteiger partial charge on any atom is 0.229 e. The van der Waals surface area contributed by atoms with Gasteiger partial charge in [0.2, 0.25) is 5.95 Å². The quantitative estimate of drug-likeness (QED) is 0.700. The van der Waals surface area contributed by atoms with E-state index in [1.165, 1.54) is 24.9 Å². The first kappa shape index (κ1) is 17.3. The summed E-state index contributed by atoms with van der Waals surface area (Å²) < 4.78 is 1.87. The lowest BCUT2D eigenvalue weighted by Crippen LogP contribution is -2.47. The predicted molar refractivity (Wildman–Crippen MR) is 113 cm³/mol. The van der Waals surface area contributed by atoms with Crippen molar-refractivity contribution in [3.8, 4) is 0 Å². The number of piperidine rings is 1. The van der Waals surface area contributed by atoms with Crippen LogP contribution in [0.3, 0.4) is 0 Å². The number of aryl methyl sites for hydroxylation is 1. The lowest BCUT2D eigenvalue weighted by Gasteiger charge is -2.37. The minimum atomic E-state index is 0.858. The standard InChI is InChI=1S/C21H27N7/c1-25-19-18(16-22-25)20(24-21(23-19)28-10-6-3-7-11-28)27-14-12-26(13-15-27)17-8-4-2-5-9-17/h2,4-5,8-9,16H,3,6-7,10-15H2,1H3. The summed E-state index contributed by atoms with van der Waals surface area (Å²) in [5.74, 6) is 1.89. The summed E-state index contributed by atoms with van der Waals surface area (Å²) in [4.78, 5) is 17.1. The Bertz CT molecular complexity index is 938. The summed E-state index contributed by atoms with van der Waals surface area (Å²) >= 11 is 0. The van der Waals surface area contributed by atoms with Gasteiger partial charge in [-0.15, -0.1) is 0 Å². The molecule has 0 unspecified atom stereocenters. The van der Waals surface area contributed by atoms with Crippen molar-refractivity contribution in [3.63, 3.8) is 0 Å². The van der Waals surface area contributed by atoms with Gasteiger partial charge in [0.25, 0.3) is 0 Å². The van der Waals surface area contributed by atoms with Crippen LogP contribution in [0.5, 0.6) is 0 Å². The number of hydrogen-bond acceptors (Lipinski definition) is 6. The fraction of sp³-hybridized carbons (Fsp3) is 0.476. The minimum absolute atomic E-state index is 0.858. The molecule has 0 saturated carbocycles. The van der Waals surface area contributed by atoms with Gasteiger partial charge in [-0.1, -0.05) is 18.2 Å². The number of rotatable bonds is 3. The molecule has 0 aliphatic carbocycles. The monoisotopic (exact) mass is 377 g/mol. The molecule has 0 amide bonds. The van der Waals surface area contributed by atoms with E-state index in [1.807, 2.05) is 17.9 Å². The van der Waals surface area contributed by atoms with Gasteiger partial charge in [-0.3, -0.25) is 4.68 Å². The molecule has 2 fully saturated rings. The maximum absolute atomic E-state index is 5.03. The molecule has 2 saturated heterocycles. The van der Waals surface area contributed by atoms with Crippen molar-refractivity contribution in [2.45, 2.75) is 19.3 Å². The van der Waals surface area contributed by atoms with Crippen LogP contribution in [0.2, 0.25) is 0 Å². The summed E-state index contributed by atoms with van der Waals surface area (Å²) in [7, 11) is 1.96. The van der Waals surface area contributed by atoms with Crippen molar-refractivity contribution < 1.29 is 0 Å². The molecule has 0 bridgehead atoms. The van der Waals surface area contributed by atoms with E-state index in [0.717, 1.165) is 62.1 Å². The molecule has 7 nitrogen and oxygen atoms in total. The van der Waals surface area contributed by atoms with Crippen molar-refractivity contribution in [2.75, 3.05) is 54.0 Å². The number of fused-ring (bicyclic) bond motifs is 1. The lowest BCUT2D eigenvalue weighted by atomic mass is 10.1. The van der Waals surface area contributed by atoms with Gasteiger partial charge >= 0.3 is 0 Å². The second kappa shape index (κ2) is 7.30. The van der Waals surface area contributed by atoms with Crippen LogP contribution in [0.15, 0.2) is 36.5 Å². The van der Waals surface area contributed by atoms with E-state index in [-0.39, 0.29) is 0 Å². The molecule has 7 heteroatoms. The van der Waals surface area contributed by atoms with Gasteiger partial charge in [0.05, 0.1) is 11.6 Å².